The second-order valence-electron chi connectivity index (χ2n) is 5.00. The second-order valence-corrected chi connectivity index (χ2v) is 5.00. The van der Waals surface area contributed by atoms with Crippen molar-refractivity contribution in [2.45, 2.75) is 6.18 Å². The quantitative estimate of drug-likeness (QED) is 0.909. The number of morpholine rings is 1. The van der Waals surface area contributed by atoms with Crippen molar-refractivity contribution >= 4 is 5.82 Å². The minimum atomic E-state index is -4.54. The monoisotopic (exact) mass is 326 g/mol. The second kappa shape index (κ2) is 5.99. The molecule has 2 aromatic rings. The molecule has 122 valence electrons. The lowest BCUT2D eigenvalue weighted by atomic mass is 10.1. The van der Waals surface area contributed by atoms with Crippen LogP contribution in [0, 0.1) is 0 Å². The topological polar surface area (TPSA) is 71.1 Å². The third-order valence-corrected chi connectivity index (χ3v) is 3.46. The normalized spacial score (nSPS) is 15.7. The molecule has 1 aliphatic rings. The highest BCUT2D eigenvalue weighted by Crippen LogP contribution is 2.37. The summed E-state index contributed by atoms with van der Waals surface area (Å²) in [6.45, 7) is 1.43. The lowest BCUT2D eigenvalue weighted by Gasteiger charge is -2.30. The lowest BCUT2D eigenvalue weighted by Crippen LogP contribution is -2.38. The highest BCUT2D eigenvalue weighted by molar-refractivity contribution is 5.63. The maximum atomic E-state index is 13.4. The zero-order valence-corrected chi connectivity index (χ0v) is 11.9. The molecule has 0 saturated carbocycles. The lowest BCUT2D eigenvalue weighted by molar-refractivity contribution is -0.137. The van der Waals surface area contributed by atoms with Gasteiger partial charge in [-0.1, -0.05) is 0 Å². The molecule has 2 aromatic heterocycles. The summed E-state index contributed by atoms with van der Waals surface area (Å²) in [6, 6.07) is 3.55. The van der Waals surface area contributed by atoms with Gasteiger partial charge in [-0.15, -0.1) is 0 Å². The summed E-state index contributed by atoms with van der Waals surface area (Å²) >= 11 is 0. The Labute approximate surface area is 128 Å². The molecule has 0 aromatic carbocycles. The van der Waals surface area contributed by atoms with Crippen molar-refractivity contribution in [1.82, 2.24) is 15.2 Å². The Balaban J connectivity index is 2.04. The van der Waals surface area contributed by atoms with Crippen molar-refractivity contribution in [2.75, 3.05) is 31.2 Å². The molecule has 3 rings (SSSR count). The fourth-order valence-electron chi connectivity index (χ4n) is 2.34. The molecular weight excluding hydrogens is 313 g/mol. The first-order valence-electron chi connectivity index (χ1n) is 6.91. The summed E-state index contributed by atoms with van der Waals surface area (Å²) < 4.78 is 45.3. The van der Waals surface area contributed by atoms with Crippen molar-refractivity contribution in [1.29, 1.82) is 0 Å². The van der Waals surface area contributed by atoms with Crippen LogP contribution in [0.1, 0.15) is 5.56 Å². The van der Waals surface area contributed by atoms with Gasteiger partial charge in [0.05, 0.1) is 24.5 Å². The molecule has 6 nitrogen and oxygen atoms in total. The summed E-state index contributed by atoms with van der Waals surface area (Å²) in [7, 11) is 0. The third-order valence-electron chi connectivity index (χ3n) is 3.46. The number of alkyl halides is 3. The fourth-order valence-corrected chi connectivity index (χ4v) is 2.34. The molecule has 0 unspecified atom stereocenters. The van der Waals surface area contributed by atoms with Gasteiger partial charge in [0.2, 0.25) is 0 Å². The molecular formula is C14H13F3N4O2. The molecule has 1 aliphatic heterocycles. The van der Waals surface area contributed by atoms with Crippen LogP contribution in [0.25, 0.3) is 11.3 Å². The molecule has 0 spiro atoms. The van der Waals surface area contributed by atoms with Crippen LogP contribution in [-0.2, 0) is 10.9 Å². The summed E-state index contributed by atoms with van der Waals surface area (Å²) in [5.74, 6) is -0.117. The van der Waals surface area contributed by atoms with Gasteiger partial charge >= 0.3 is 6.18 Å². The van der Waals surface area contributed by atoms with Gasteiger partial charge in [0.25, 0.3) is 5.56 Å². The predicted molar refractivity (Wildman–Crippen MR) is 76.1 cm³/mol. The summed E-state index contributed by atoms with van der Waals surface area (Å²) in [5, 5.41) is 5.93. The van der Waals surface area contributed by atoms with Crippen molar-refractivity contribution < 1.29 is 17.9 Å². The number of nitrogens with zero attached hydrogens (tertiary/aromatic N) is 3. The van der Waals surface area contributed by atoms with Crippen LogP contribution in [0.2, 0.25) is 0 Å². The Morgan fingerprint density at radius 1 is 1.22 bits per heavy atom. The smallest absolute Gasteiger partial charge is 0.378 e. The molecule has 0 amide bonds. The van der Waals surface area contributed by atoms with Crippen LogP contribution >= 0.6 is 0 Å². The molecule has 9 heteroatoms. The van der Waals surface area contributed by atoms with Crippen LogP contribution in [0.15, 0.2) is 29.2 Å². The van der Waals surface area contributed by atoms with Gasteiger partial charge in [-0.2, -0.15) is 18.3 Å². The van der Waals surface area contributed by atoms with Gasteiger partial charge in [0.1, 0.15) is 5.82 Å². The van der Waals surface area contributed by atoms with Crippen LogP contribution in [0.3, 0.4) is 0 Å². The first kappa shape index (κ1) is 15.5. The number of halogens is 3. The number of anilines is 1. The summed E-state index contributed by atoms with van der Waals surface area (Å²) in [6.07, 6.45) is -3.22. The fraction of sp³-hybridized carbons (Fsp3) is 0.357. The number of aromatic amines is 1. The van der Waals surface area contributed by atoms with Gasteiger partial charge in [-0.05, 0) is 12.1 Å². The number of hydrogen-bond donors (Lipinski definition) is 1. The SMILES string of the molecule is O=c1ccc(-c2cnc(N3CCOCC3)c(C(F)(F)F)c2)n[nH]1. The molecule has 1 N–H and O–H groups in total. The number of pyridine rings is 1. The Hall–Kier alpha value is -2.42. The average molecular weight is 326 g/mol. The highest BCUT2D eigenvalue weighted by Gasteiger charge is 2.36. The van der Waals surface area contributed by atoms with E-state index in [-0.39, 0.29) is 17.1 Å². The van der Waals surface area contributed by atoms with Crippen molar-refractivity contribution in [2.24, 2.45) is 0 Å². The van der Waals surface area contributed by atoms with E-state index in [9.17, 15) is 18.0 Å². The Morgan fingerprint density at radius 3 is 2.57 bits per heavy atom. The Kier molecular flexibility index (Phi) is 4.03. The first-order chi connectivity index (χ1) is 10.9. The van der Waals surface area contributed by atoms with Gasteiger partial charge in [0, 0.05) is 30.9 Å². The van der Waals surface area contributed by atoms with Crippen LogP contribution < -0.4 is 10.5 Å². The number of rotatable bonds is 2. The predicted octanol–water partition coefficient (Wildman–Crippen LogP) is 1.69. The Bertz CT molecular complexity index is 734. The minimum absolute atomic E-state index is 0.117. The van der Waals surface area contributed by atoms with Crippen molar-refractivity contribution in [3.05, 3.63) is 40.3 Å². The zero-order valence-electron chi connectivity index (χ0n) is 11.9. The van der Waals surface area contributed by atoms with E-state index >= 15 is 0 Å². The van der Waals surface area contributed by atoms with Gasteiger partial charge in [-0.3, -0.25) is 4.79 Å². The molecule has 0 bridgehead atoms. The zero-order chi connectivity index (χ0) is 16.4. The van der Waals surface area contributed by atoms with E-state index in [2.05, 4.69) is 15.2 Å². The maximum absolute atomic E-state index is 13.4. The van der Waals surface area contributed by atoms with E-state index in [4.69, 9.17) is 4.74 Å². The number of nitrogens with one attached hydrogen (secondary N) is 1. The van der Waals surface area contributed by atoms with Gasteiger partial charge in [-0.25, -0.2) is 10.1 Å². The minimum Gasteiger partial charge on any atom is -0.378 e. The van der Waals surface area contributed by atoms with Gasteiger partial charge in [0.15, 0.2) is 0 Å². The Morgan fingerprint density at radius 2 is 1.96 bits per heavy atom. The van der Waals surface area contributed by atoms with Crippen LogP contribution in [0.5, 0.6) is 0 Å². The maximum Gasteiger partial charge on any atom is 0.419 e. The summed E-state index contributed by atoms with van der Waals surface area (Å²) in [4.78, 5) is 16.5. The van der Waals surface area contributed by atoms with Crippen molar-refractivity contribution in [3.8, 4) is 11.3 Å². The van der Waals surface area contributed by atoms with E-state index in [0.717, 1.165) is 6.07 Å². The van der Waals surface area contributed by atoms with E-state index in [1.165, 1.54) is 18.3 Å². The molecule has 1 fully saturated rings. The van der Waals surface area contributed by atoms with E-state index in [1.54, 1.807) is 4.90 Å². The third kappa shape index (κ3) is 3.34. The van der Waals surface area contributed by atoms with E-state index < -0.39 is 17.3 Å². The highest BCUT2D eigenvalue weighted by atomic mass is 19.4. The largest absolute Gasteiger partial charge is 0.419 e. The van der Waals surface area contributed by atoms with E-state index in [1.807, 2.05) is 0 Å². The number of ether oxygens (including phenoxy) is 1. The van der Waals surface area contributed by atoms with Crippen molar-refractivity contribution in [3.63, 3.8) is 0 Å². The molecule has 1 saturated heterocycles. The van der Waals surface area contributed by atoms with Crippen LogP contribution in [0.4, 0.5) is 19.0 Å². The van der Waals surface area contributed by atoms with E-state index in [0.29, 0.717) is 26.3 Å². The first-order valence-corrected chi connectivity index (χ1v) is 6.91. The molecule has 0 atom stereocenters. The van der Waals surface area contributed by atoms with Gasteiger partial charge < -0.3 is 9.64 Å². The number of aromatic nitrogens is 3. The standard InChI is InChI=1S/C14H13F3N4O2/c15-14(16,17)10-7-9(11-1-2-12(22)20-19-11)8-18-13(10)21-3-5-23-6-4-21/h1-2,7-8H,3-6H2,(H,20,22). The number of H-pyrrole nitrogens is 1. The average Bonchev–Trinajstić information content (AvgIpc) is 2.55. The van der Waals surface area contributed by atoms with Crippen LogP contribution in [-0.4, -0.2) is 41.5 Å². The summed E-state index contributed by atoms with van der Waals surface area (Å²) in [5.41, 5.74) is -0.852. The molecule has 3 heterocycles. The molecule has 0 aliphatic carbocycles. The molecule has 23 heavy (non-hydrogen) atoms. The molecule has 0 radical (unpaired) electrons. The number of hydrogen-bond acceptors (Lipinski definition) is 5.